The molecule has 0 saturated carbocycles. The lowest BCUT2D eigenvalue weighted by molar-refractivity contribution is 0.148. The zero-order valence-electron chi connectivity index (χ0n) is 6.92. The van der Waals surface area contributed by atoms with Gasteiger partial charge in [-0.3, -0.25) is 0 Å². The topological polar surface area (TPSA) is 73.0 Å². The third kappa shape index (κ3) is 2.32. The smallest absolute Gasteiger partial charge is 0.267 e. The standard InChI is InChI=1S/C6H4ClF3N2O2S/c7-15(13,14)2-1-12-6(10)4(11)3(2)5(8)9/h1,5H,11H2. The van der Waals surface area contributed by atoms with E-state index in [1.54, 1.807) is 0 Å². The van der Waals surface area contributed by atoms with E-state index in [2.05, 4.69) is 4.98 Å². The summed E-state index contributed by atoms with van der Waals surface area (Å²) in [7, 11) is 0.418. The highest BCUT2D eigenvalue weighted by molar-refractivity contribution is 8.13. The van der Waals surface area contributed by atoms with Crippen molar-refractivity contribution in [1.29, 1.82) is 0 Å². The minimum Gasteiger partial charge on any atom is -0.395 e. The molecule has 0 spiro atoms. The summed E-state index contributed by atoms with van der Waals surface area (Å²) >= 11 is 0. The number of hydrogen-bond acceptors (Lipinski definition) is 4. The van der Waals surface area contributed by atoms with Crippen molar-refractivity contribution >= 4 is 25.4 Å². The van der Waals surface area contributed by atoms with E-state index in [4.69, 9.17) is 16.4 Å². The summed E-state index contributed by atoms with van der Waals surface area (Å²) in [5.41, 5.74) is 2.75. The van der Waals surface area contributed by atoms with Crippen molar-refractivity contribution < 1.29 is 21.6 Å². The minimum absolute atomic E-state index is 0.398. The average Bonchev–Trinajstić information content (AvgIpc) is 2.06. The van der Waals surface area contributed by atoms with E-state index in [1.165, 1.54) is 0 Å². The summed E-state index contributed by atoms with van der Waals surface area (Å²) in [6.07, 6.45) is -2.86. The van der Waals surface area contributed by atoms with E-state index in [0.717, 1.165) is 0 Å². The number of anilines is 1. The van der Waals surface area contributed by atoms with Crippen LogP contribution in [0.4, 0.5) is 18.9 Å². The van der Waals surface area contributed by atoms with Gasteiger partial charge in [0.2, 0.25) is 5.95 Å². The zero-order valence-corrected chi connectivity index (χ0v) is 8.49. The molecule has 2 N–H and O–H groups in total. The van der Waals surface area contributed by atoms with Crippen LogP contribution in [0.15, 0.2) is 11.1 Å². The fourth-order valence-corrected chi connectivity index (χ4v) is 1.93. The first kappa shape index (κ1) is 12.1. The Morgan fingerprint density at radius 1 is 1.47 bits per heavy atom. The van der Waals surface area contributed by atoms with Gasteiger partial charge >= 0.3 is 0 Å². The molecule has 84 valence electrons. The molecule has 0 atom stereocenters. The lowest BCUT2D eigenvalue weighted by Gasteiger charge is -2.08. The molecule has 0 bridgehead atoms. The Bertz CT molecular complexity index is 491. The molecule has 1 heterocycles. The van der Waals surface area contributed by atoms with Crippen LogP contribution in [0, 0.1) is 5.95 Å². The maximum atomic E-state index is 12.7. The average molecular weight is 261 g/mol. The molecule has 1 aromatic rings. The molecule has 0 aliphatic carbocycles. The molecule has 0 fully saturated rings. The van der Waals surface area contributed by atoms with Crippen LogP contribution in [-0.2, 0) is 9.05 Å². The highest BCUT2D eigenvalue weighted by Crippen LogP contribution is 2.33. The summed E-state index contributed by atoms with van der Waals surface area (Å²) < 4.78 is 59.2. The number of alkyl halides is 2. The predicted octanol–water partition coefficient (Wildman–Crippen LogP) is 1.67. The molecule has 0 aliphatic rings. The van der Waals surface area contributed by atoms with Crippen LogP contribution >= 0.6 is 10.7 Å². The molecule has 0 amide bonds. The van der Waals surface area contributed by atoms with Crippen molar-refractivity contribution in [1.82, 2.24) is 4.98 Å². The van der Waals surface area contributed by atoms with E-state index >= 15 is 0 Å². The van der Waals surface area contributed by atoms with E-state index in [1.807, 2.05) is 0 Å². The number of halogens is 4. The lowest BCUT2D eigenvalue weighted by Crippen LogP contribution is -2.07. The Hall–Kier alpha value is -1.02. The number of hydrogen-bond donors (Lipinski definition) is 1. The van der Waals surface area contributed by atoms with E-state index in [0.29, 0.717) is 6.20 Å². The van der Waals surface area contributed by atoms with Gasteiger partial charge in [-0.25, -0.2) is 22.2 Å². The van der Waals surface area contributed by atoms with E-state index in [-0.39, 0.29) is 0 Å². The van der Waals surface area contributed by atoms with Gasteiger partial charge in [0.15, 0.2) is 0 Å². The van der Waals surface area contributed by atoms with Crippen molar-refractivity contribution in [2.45, 2.75) is 11.3 Å². The summed E-state index contributed by atoms with van der Waals surface area (Å²) in [5, 5.41) is 0. The molecule has 0 radical (unpaired) electrons. The monoisotopic (exact) mass is 260 g/mol. The van der Waals surface area contributed by atoms with Gasteiger partial charge in [-0.2, -0.15) is 4.39 Å². The normalized spacial score (nSPS) is 12.1. The summed E-state index contributed by atoms with van der Waals surface area (Å²) in [4.78, 5) is 1.91. The molecular weight excluding hydrogens is 257 g/mol. The van der Waals surface area contributed by atoms with Gasteiger partial charge in [-0.15, -0.1) is 0 Å². The van der Waals surface area contributed by atoms with Crippen LogP contribution in [0.1, 0.15) is 12.0 Å². The Morgan fingerprint density at radius 3 is 2.40 bits per heavy atom. The second-order valence-corrected chi connectivity index (χ2v) is 5.01. The molecule has 4 nitrogen and oxygen atoms in total. The Balaban J connectivity index is 3.62. The number of nitrogens with two attached hydrogens (primary N) is 1. The number of pyridine rings is 1. The van der Waals surface area contributed by atoms with Gasteiger partial charge in [-0.1, -0.05) is 0 Å². The van der Waals surface area contributed by atoms with Crippen molar-refractivity contribution in [3.8, 4) is 0 Å². The second kappa shape index (κ2) is 3.86. The van der Waals surface area contributed by atoms with Crippen molar-refractivity contribution in [2.24, 2.45) is 0 Å². The predicted molar refractivity (Wildman–Crippen MR) is 46.6 cm³/mol. The Morgan fingerprint density at radius 2 is 2.00 bits per heavy atom. The first-order valence-corrected chi connectivity index (χ1v) is 5.72. The van der Waals surface area contributed by atoms with Crippen LogP contribution < -0.4 is 5.73 Å². The molecular formula is C6H4ClF3N2O2S. The van der Waals surface area contributed by atoms with Gasteiger partial charge in [0.05, 0.1) is 17.4 Å². The van der Waals surface area contributed by atoms with Crippen LogP contribution in [0.3, 0.4) is 0 Å². The van der Waals surface area contributed by atoms with Crippen LogP contribution in [0.25, 0.3) is 0 Å². The quantitative estimate of drug-likeness (QED) is 0.648. The maximum absolute atomic E-state index is 12.7. The van der Waals surface area contributed by atoms with Crippen molar-refractivity contribution in [3.63, 3.8) is 0 Å². The number of rotatable bonds is 2. The molecule has 1 rings (SSSR count). The van der Waals surface area contributed by atoms with Crippen LogP contribution in [0.2, 0.25) is 0 Å². The SMILES string of the molecule is Nc1c(F)ncc(S(=O)(=O)Cl)c1C(F)F. The van der Waals surface area contributed by atoms with Crippen LogP contribution in [-0.4, -0.2) is 13.4 Å². The Kier molecular flexibility index (Phi) is 3.10. The van der Waals surface area contributed by atoms with Gasteiger partial charge < -0.3 is 5.73 Å². The van der Waals surface area contributed by atoms with Gasteiger partial charge in [0.1, 0.15) is 4.90 Å². The van der Waals surface area contributed by atoms with Crippen LogP contribution in [0.5, 0.6) is 0 Å². The van der Waals surface area contributed by atoms with E-state index < -0.39 is 37.6 Å². The summed E-state index contributed by atoms with van der Waals surface area (Å²) in [6, 6.07) is 0. The second-order valence-electron chi connectivity index (χ2n) is 2.48. The summed E-state index contributed by atoms with van der Waals surface area (Å²) in [5.74, 6) is -1.37. The molecule has 15 heavy (non-hydrogen) atoms. The third-order valence-corrected chi connectivity index (χ3v) is 2.90. The fraction of sp³-hybridized carbons (Fsp3) is 0.167. The molecule has 0 saturated heterocycles. The minimum atomic E-state index is -4.43. The zero-order chi connectivity index (χ0) is 11.8. The van der Waals surface area contributed by atoms with Gasteiger partial charge in [0, 0.05) is 10.7 Å². The highest BCUT2D eigenvalue weighted by Gasteiger charge is 2.27. The number of nitrogens with zero attached hydrogens (tertiary/aromatic N) is 1. The highest BCUT2D eigenvalue weighted by atomic mass is 35.7. The number of aromatic nitrogens is 1. The molecule has 0 aliphatic heterocycles. The third-order valence-electron chi connectivity index (χ3n) is 1.55. The largest absolute Gasteiger partial charge is 0.395 e. The first-order valence-electron chi connectivity index (χ1n) is 3.42. The maximum Gasteiger partial charge on any atom is 0.267 e. The Labute approximate surface area is 87.3 Å². The number of nitrogen functional groups attached to an aromatic ring is 1. The van der Waals surface area contributed by atoms with Gasteiger partial charge in [-0.05, 0) is 0 Å². The molecule has 0 unspecified atom stereocenters. The molecule has 9 heteroatoms. The first-order chi connectivity index (χ1) is 6.75. The fourth-order valence-electron chi connectivity index (χ4n) is 0.918. The summed E-state index contributed by atoms with van der Waals surface area (Å²) in [6.45, 7) is 0. The van der Waals surface area contributed by atoms with Crippen molar-refractivity contribution in [2.75, 3.05) is 5.73 Å². The lowest BCUT2D eigenvalue weighted by atomic mass is 10.2. The van der Waals surface area contributed by atoms with E-state index in [9.17, 15) is 21.6 Å². The molecule has 0 aromatic carbocycles. The van der Waals surface area contributed by atoms with Gasteiger partial charge in [0.25, 0.3) is 15.5 Å². The molecule has 1 aromatic heterocycles. The van der Waals surface area contributed by atoms with Crippen molar-refractivity contribution in [3.05, 3.63) is 17.7 Å².